The van der Waals surface area contributed by atoms with Crippen LogP contribution in [0.2, 0.25) is 0 Å². The van der Waals surface area contributed by atoms with E-state index in [1.165, 1.54) is 10.8 Å². The highest BCUT2D eigenvalue weighted by Crippen LogP contribution is 2.41. The number of aromatic nitrogens is 2. The second kappa shape index (κ2) is 7.62. The van der Waals surface area contributed by atoms with E-state index in [1.807, 2.05) is 31.2 Å². The van der Waals surface area contributed by atoms with Crippen LogP contribution in [0.4, 0.5) is 0 Å². The van der Waals surface area contributed by atoms with Gasteiger partial charge >= 0.3 is 5.69 Å². The normalized spacial score (nSPS) is 14.4. The fourth-order valence-corrected chi connectivity index (χ4v) is 3.14. The molecule has 0 spiro atoms. The molecule has 0 radical (unpaired) electrons. The first-order valence-corrected chi connectivity index (χ1v) is 9.05. The first kappa shape index (κ1) is 18.6. The minimum Gasteiger partial charge on any atom is -0.347 e. The predicted molar refractivity (Wildman–Crippen MR) is 100 cm³/mol. The van der Waals surface area contributed by atoms with Crippen molar-refractivity contribution in [1.29, 1.82) is 5.26 Å². The van der Waals surface area contributed by atoms with Crippen molar-refractivity contribution < 1.29 is 4.79 Å². The third-order valence-electron chi connectivity index (χ3n) is 4.85. The molecule has 1 heterocycles. The van der Waals surface area contributed by atoms with E-state index in [0.717, 1.165) is 28.5 Å². The van der Waals surface area contributed by atoms with Crippen LogP contribution < -0.4 is 16.6 Å². The number of rotatable bonds is 6. The molecule has 1 amide bonds. The monoisotopic (exact) mass is 366 g/mol. The molecule has 1 atom stereocenters. The van der Waals surface area contributed by atoms with Crippen molar-refractivity contribution in [2.45, 2.75) is 45.8 Å². The number of nitrogens with zero attached hydrogens (tertiary/aromatic N) is 3. The summed E-state index contributed by atoms with van der Waals surface area (Å²) in [6.45, 7) is 3.64. The van der Waals surface area contributed by atoms with Crippen LogP contribution in [0.15, 0.2) is 40.1 Å². The molecule has 0 bridgehead atoms. The van der Waals surface area contributed by atoms with Gasteiger partial charge in [0.15, 0.2) is 0 Å². The van der Waals surface area contributed by atoms with Crippen molar-refractivity contribution >= 4 is 5.91 Å². The number of carbonyl (C=O) groups excluding carboxylic acids is 1. The zero-order chi connectivity index (χ0) is 19.6. The maximum atomic E-state index is 12.6. The van der Waals surface area contributed by atoms with E-state index < -0.39 is 23.7 Å². The number of amides is 1. The predicted octanol–water partition coefficient (Wildman–Crippen LogP) is 1.48. The van der Waals surface area contributed by atoms with Crippen molar-refractivity contribution in [3.63, 3.8) is 0 Å². The molecule has 27 heavy (non-hydrogen) atoms. The molecule has 1 N–H and O–H groups in total. The van der Waals surface area contributed by atoms with Gasteiger partial charge in [0, 0.05) is 12.7 Å². The lowest BCUT2D eigenvalue weighted by molar-refractivity contribution is -0.122. The first-order valence-electron chi connectivity index (χ1n) is 9.05. The first-order chi connectivity index (χ1) is 12.9. The van der Waals surface area contributed by atoms with Crippen LogP contribution in [-0.4, -0.2) is 15.0 Å². The van der Waals surface area contributed by atoms with Crippen LogP contribution in [-0.2, 0) is 17.9 Å². The summed E-state index contributed by atoms with van der Waals surface area (Å²) in [7, 11) is 0. The van der Waals surface area contributed by atoms with E-state index in [4.69, 9.17) is 5.26 Å². The Morgan fingerprint density at radius 2 is 1.96 bits per heavy atom. The molecule has 1 unspecified atom stereocenters. The Bertz CT molecular complexity index is 1010. The van der Waals surface area contributed by atoms with E-state index in [0.29, 0.717) is 12.5 Å². The minimum absolute atomic E-state index is 0.138. The van der Waals surface area contributed by atoms with Crippen LogP contribution in [0.25, 0.3) is 0 Å². The average Bonchev–Trinajstić information content (AvgIpc) is 3.49. The van der Waals surface area contributed by atoms with Gasteiger partial charge in [-0.15, -0.1) is 0 Å². The Kier molecular flexibility index (Phi) is 5.26. The number of hydrogen-bond acceptors (Lipinski definition) is 4. The summed E-state index contributed by atoms with van der Waals surface area (Å²) in [5.41, 5.74) is 0.678. The molecule has 3 rings (SSSR count). The van der Waals surface area contributed by atoms with Gasteiger partial charge in [0.25, 0.3) is 5.56 Å². The number of aryl methyl sites for hydroxylation is 2. The van der Waals surface area contributed by atoms with Crippen LogP contribution in [0.5, 0.6) is 0 Å². The SMILES string of the molecule is CCn1cc(C#N)c(=O)n(CC(=O)NC(c2ccc(C)cc2)C2CC2)c1=O. The van der Waals surface area contributed by atoms with Gasteiger partial charge in [-0.2, -0.15) is 5.26 Å². The fourth-order valence-electron chi connectivity index (χ4n) is 3.14. The molecule has 1 fully saturated rings. The lowest BCUT2D eigenvalue weighted by Gasteiger charge is -2.19. The van der Waals surface area contributed by atoms with Crippen molar-refractivity contribution in [2.75, 3.05) is 0 Å². The summed E-state index contributed by atoms with van der Waals surface area (Å²) in [5.74, 6) is -0.0458. The van der Waals surface area contributed by atoms with E-state index in [9.17, 15) is 14.4 Å². The van der Waals surface area contributed by atoms with Gasteiger partial charge in [0.2, 0.25) is 5.91 Å². The lowest BCUT2D eigenvalue weighted by atomic mass is 10.0. The van der Waals surface area contributed by atoms with Crippen LogP contribution >= 0.6 is 0 Å². The van der Waals surface area contributed by atoms with Gasteiger partial charge in [0.05, 0.1) is 6.04 Å². The minimum atomic E-state index is -0.736. The maximum Gasteiger partial charge on any atom is 0.331 e. The zero-order valence-electron chi connectivity index (χ0n) is 15.4. The number of hydrogen-bond donors (Lipinski definition) is 1. The average molecular weight is 366 g/mol. The Morgan fingerprint density at radius 3 is 2.52 bits per heavy atom. The summed E-state index contributed by atoms with van der Waals surface area (Å²) in [5, 5.41) is 12.1. The number of nitriles is 1. The third kappa shape index (κ3) is 4.00. The Labute approximate surface area is 156 Å². The van der Waals surface area contributed by atoms with E-state index in [-0.39, 0.29) is 11.6 Å². The van der Waals surface area contributed by atoms with E-state index >= 15 is 0 Å². The van der Waals surface area contributed by atoms with Gasteiger partial charge in [-0.3, -0.25) is 14.2 Å². The van der Waals surface area contributed by atoms with Gasteiger partial charge in [-0.05, 0) is 38.2 Å². The van der Waals surface area contributed by atoms with Crippen molar-refractivity contribution in [2.24, 2.45) is 5.92 Å². The van der Waals surface area contributed by atoms with Gasteiger partial charge in [-0.1, -0.05) is 29.8 Å². The Morgan fingerprint density at radius 1 is 1.30 bits per heavy atom. The molecule has 140 valence electrons. The molecule has 7 heteroatoms. The molecule has 2 aromatic rings. The summed E-state index contributed by atoms with van der Waals surface area (Å²) >= 11 is 0. The summed E-state index contributed by atoms with van der Waals surface area (Å²) in [6.07, 6.45) is 3.30. The second-order valence-electron chi connectivity index (χ2n) is 6.91. The summed E-state index contributed by atoms with van der Waals surface area (Å²) in [4.78, 5) is 37.3. The smallest absolute Gasteiger partial charge is 0.331 e. The maximum absolute atomic E-state index is 12.6. The number of nitrogens with one attached hydrogen (secondary N) is 1. The quantitative estimate of drug-likeness (QED) is 0.837. The van der Waals surface area contributed by atoms with Crippen LogP contribution in [0.3, 0.4) is 0 Å². The lowest BCUT2D eigenvalue weighted by Crippen LogP contribution is -2.45. The van der Waals surface area contributed by atoms with Gasteiger partial charge < -0.3 is 5.32 Å². The van der Waals surface area contributed by atoms with Crippen molar-refractivity contribution in [3.8, 4) is 6.07 Å². The highest BCUT2D eigenvalue weighted by molar-refractivity contribution is 5.76. The second-order valence-corrected chi connectivity index (χ2v) is 6.91. The third-order valence-corrected chi connectivity index (χ3v) is 4.85. The molecular weight excluding hydrogens is 344 g/mol. The van der Waals surface area contributed by atoms with Crippen LogP contribution in [0.1, 0.15) is 42.5 Å². The molecule has 7 nitrogen and oxygen atoms in total. The number of benzene rings is 1. The molecular formula is C20H22N4O3. The largest absolute Gasteiger partial charge is 0.347 e. The molecule has 1 aromatic carbocycles. The summed E-state index contributed by atoms with van der Waals surface area (Å²) in [6, 6.07) is 9.63. The topological polar surface area (TPSA) is 96.9 Å². The standard InChI is InChI=1S/C20H22N4O3/c1-3-23-11-16(10-21)19(26)24(20(23)27)12-17(25)22-18(15-8-9-15)14-6-4-13(2)5-7-14/h4-7,11,15,18H,3,8-9,12H2,1-2H3,(H,22,25). The Balaban J connectivity index is 1.85. The fraction of sp³-hybridized carbons (Fsp3) is 0.400. The molecule has 1 aromatic heterocycles. The Hall–Kier alpha value is -3.14. The number of carbonyl (C=O) groups is 1. The summed E-state index contributed by atoms with van der Waals surface area (Å²) < 4.78 is 2.09. The molecule has 1 saturated carbocycles. The van der Waals surface area contributed by atoms with Gasteiger partial charge in [-0.25, -0.2) is 9.36 Å². The molecule has 1 aliphatic carbocycles. The van der Waals surface area contributed by atoms with Crippen molar-refractivity contribution in [1.82, 2.24) is 14.5 Å². The highest BCUT2D eigenvalue weighted by Gasteiger charge is 2.33. The van der Waals surface area contributed by atoms with Crippen LogP contribution in [0, 0.1) is 24.2 Å². The zero-order valence-corrected chi connectivity index (χ0v) is 15.4. The molecule has 0 aliphatic heterocycles. The molecule has 1 aliphatic rings. The van der Waals surface area contributed by atoms with Crippen molar-refractivity contribution in [3.05, 3.63) is 68.0 Å². The van der Waals surface area contributed by atoms with Gasteiger partial charge in [0.1, 0.15) is 18.2 Å². The molecule has 0 saturated heterocycles. The highest BCUT2D eigenvalue weighted by atomic mass is 16.2. The van der Waals surface area contributed by atoms with E-state index in [1.54, 1.807) is 13.0 Å². The van der Waals surface area contributed by atoms with E-state index in [2.05, 4.69) is 5.32 Å².